The average molecular weight is 281 g/mol. The Bertz CT molecular complexity index is 448. The SMILES string of the molecule is C[C@@H](N)[C@H]1CCCN(C(=O)Cc2cccc(Cl)c2)C1. The summed E-state index contributed by atoms with van der Waals surface area (Å²) in [5.41, 5.74) is 6.92. The highest BCUT2D eigenvalue weighted by atomic mass is 35.5. The topological polar surface area (TPSA) is 46.3 Å². The largest absolute Gasteiger partial charge is 0.342 e. The van der Waals surface area contributed by atoms with Crippen molar-refractivity contribution in [3.63, 3.8) is 0 Å². The number of piperidine rings is 1. The Hall–Kier alpha value is -1.06. The quantitative estimate of drug-likeness (QED) is 0.924. The van der Waals surface area contributed by atoms with Gasteiger partial charge in [0, 0.05) is 24.2 Å². The zero-order valence-corrected chi connectivity index (χ0v) is 12.1. The number of amides is 1. The molecule has 1 aliphatic rings. The standard InChI is InChI=1S/C15H21ClN2O/c1-11(17)13-5-3-7-18(10-13)15(19)9-12-4-2-6-14(16)8-12/h2,4,6,8,11,13H,3,5,7,9-10,17H2,1H3/t11-,13+/m1/s1. The Morgan fingerprint density at radius 3 is 3.05 bits per heavy atom. The van der Waals surface area contributed by atoms with E-state index in [2.05, 4.69) is 0 Å². The Balaban J connectivity index is 1.96. The van der Waals surface area contributed by atoms with Gasteiger partial charge in [-0.2, -0.15) is 0 Å². The number of nitrogens with two attached hydrogens (primary N) is 1. The van der Waals surface area contributed by atoms with Gasteiger partial charge in [0.1, 0.15) is 0 Å². The maximum atomic E-state index is 12.3. The van der Waals surface area contributed by atoms with Crippen LogP contribution < -0.4 is 5.73 Å². The van der Waals surface area contributed by atoms with Gasteiger partial charge in [-0.1, -0.05) is 23.7 Å². The second-order valence-electron chi connectivity index (χ2n) is 5.41. The van der Waals surface area contributed by atoms with E-state index in [9.17, 15) is 4.79 Å². The van der Waals surface area contributed by atoms with Gasteiger partial charge in [0.15, 0.2) is 0 Å². The van der Waals surface area contributed by atoms with Crippen molar-refractivity contribution in [2.75, 3.05) is 13.1 Å². The van der Waals surface area contributed by atoms with Gasteiger partial charge in [-0.05, 0) is 43.4 Å². The number of carbonyl (C=O) groups excluding carboxylic acids is 1. The molecule has 1 aliphatic heterocycles. The number of rotatable bonds is 3. The molecule has 3 nitrogen and oxygen atoms in total. The van der Waals surface area contributed by atoms with Crippen molar-refractivity contribution in [3.8, 4) is 0 Å². The van der Waals surface area contributed by atoms with Gasteiger partial charge < -0.3 is 10.6 Å². The molecule has 0 bridgehead atoms. The highest BCUT2D eigenvalue weighted by Crippen LogP contribution is 2.20. The van der Waals surface area contributed by atoms with Crippen LogP contribution in [-0.2, 0) is 11.2 Å². The maximum absolute atomic E-state index is 12.3. The minimum atomic E-state index is 0.154. The van der Waals surface area contributed by atoms with E-state index in [0.29, 0.717) is 17.4 Å². The highest BCUT2D eigenvalue weighted by molar-refractivity contribution is 6.30. The smallest absolute Gasteiger partial charge is 0.227 e. The summed E-state index contributed by atoms with van der Waals surface area (Å²) in [6.07, 6.45) is 2.60. The molecular formula is C15H21ClN2O. The molecule has 0 saturated carbocycles. The van der Waals surface area contributed by atoms with Crippen molar-refractivity contribution >= 4 is 17.5 Å². The fourth-order valence-corrected chi connectivity index (χ4v) is 2.81. The van der Waals surface area contributed by atoms with Crippen molar-refractivity contribution in [2.24, 2.45) is 11.7 Å². The molecule has 1 saturated heterocycles. The van der Waals surface area contributed by atoms with E-state index in [1.54, 1.807) is 0 Å². The molecule has 2 atom stereocenters. The first-order valence-corrected chi connectivity index (χ1v) is 7.22. The Morgan fingerprint density at radius 1 is 1.58 bits per heavy atom. The molecule has 1 aromatic rings. The van der Waals surface area contributed by atoms with Crippen LogP contribution in [0.4, 0.5) is 0 Å². The molecule has 1 heterocycles. The van der Waals surface area contributed by atoms with E-state index in [0.717, 1.165) is 31.5 Å². The number of hydrogen-bond acceptors (Lipinski definition) is 2. The van der Waals surface area contributed by atoms with Crippen LogP contribution in [0.15, 0.2) is 24.3 Å². The average Bonchev–Trinajstić information content (AvgIpc) is 2.39. The van der Waals surface area contributed by atoms with E-state index in [4.69, 9.17) is 17.3 Å². The summed E-state index contributed by atoms with van der Waals surface area (Å²) >= 11 is 5.94. The molecule has 1 fully saturated rings. The number of nitrogens with zero attached hydrogens (tertiary/aromatic N) is 1. The molecule has 1 aromatic carbocycles. The van der Waals surface area contributed by atoms with Gasteiger partial charge >= 0.3 is 0 Å². The number of hydrogen-bond donors (Lipinski definition) is 1. The Kier molecular flexibility index (Phi) is 4.83. The van der Waals surface area contributed by atoms with Gasteiger partial charge in [0.25, 0.3) is 0 Å². The second-order valence-corrected chi connectivity index (χ2v) is 5.84. The first-order valence-electron chi connectivity index (χ1n) is 6.84. The number of likely N-dealkylation sites (tertiary alicyclic amines) is 1. The van der Waals surface area contributed by atoms with E-state index < -0.39 is 0 Å². The molecule has 0 unspecified atom stereocenters. The summed E-state index contributed by atoms with van der Waals surface area (Å²) in [5.74, 6) is 0.602. The van der Waals surface area contributed by atoms with Gasteiger partial charge in [0.2, 0.25) is 5.91 Å². The third-order valence-electron chi connectivity index (χ3n) is 3.80. The Labute approximate surface area is 119 Å². The normalized spacial score (nSPS) is 21.2. The van der Waals surface area contributed by atoms with Crippen molar-refractivity contribution in [1.82, 2.24) is 4.90 Å². The Morgan fingerprint density at radius 2 is 2.37 bits per heavy atom. The van der Waals surface area contributed by atoms with Crippen molar-refractivity contribution in [3.05, 3.63) is 34.9 Å². The summed E-state index contributed by atoms with van der Waals surface area (Å²) in [6, 6.07) is 7.65. The van der Waals surface area contributed by atoms with E-state index in [-0.39, 0.29) is 11.9 Å². The van der Waals surface area contributed by atoms with Crippen molar-refractivity contribution < 1.29 is 4.79 Å². The minimum absolute atomic E-state index is 0.154. The first-order chi connectivity index (χ1) is 9.06. The lowest BCUT2D eigenvalue weighted by molar-refractivity contribution is -0.132. The molecule has 104 valence electrons. The summed E-state index contributed by atoms with van der Waals surface area (Å²) in [4.78, 5) is 14.2. The van der Waals surface area contributed by atoms with Crippen LogP contribution >= 0.6 is 11.6 Å². The molecule has 2 N–H and O–H groups in total. The summed E-state index contributed by atoms with van der Waals surface area (Å²) in [7, 11) is 0. The number of halogens is 1. The minimum Gasteiger partial charge on any atom is -0.342 e. The molecule has 2 rings (SSSR count). The summed E-state index contributed by atoms with van der Waals surface area (Å²) in [6.45, 7) is 3.66. The van der Waals surface area contributed by atoms with Gasteiger partial charge in [-0.15, -0.1) is 0 Å². The van der Waals surface area contributed by atoms with Gasteiger partial charge in [-0.25, -0.2) is 0 Å². The zero-order chi connectivity index (χ0) is 13.8. The number of carbonyl (C=O) groups is 1. The molecule has 19 heavy (non-hydrogen) atoms. The molecule has 1 amide bonds. The zero-order valence-electron chi connectivity index (χ0n) is 11.3. The number of benzene rings is 1. The predicted molar refractivity (Wildman–Crippen MR) is 78.1 cm³/mol. The molecular weight excluding hydrogens is 260 g/mol. The van der Waals surface area contributed by atoms with Gasteiger partial charge in [0.05, 0.1) is 6.42 Å². The van der Waals surface area contributed by atoms with E-state index in [1.165, 1.54) is 0 Å². The summed E-state index contributed by atoms with van der Waals surface area (Å²) in [5, 5.41) is 0.678. The highest BCUT2D eigenvalue weighted by Gasteiger charge is 2.25. The lowest BCUT2D eigenvalue weighted by Crippen LogP contribution is -2.45. The maximum Gasteiger partial charge on any atom is 0.227 e. The third kappa shape index (κ3) is 3.95. The molecule has 0 aromatic heterocycles. The lowest BCUT2D eigenvalue weighted by atomic mass is 9.92. The molecule has 0 radical (unpaired) electrons. The first kappa shape index (κ1) is 14.4. The fraction of sp³-hybridized carbons (Fsp3) is 0.533. The van der Waals surface area contributed by atoms with Crippen LogP contribution in [0, 0.1) is 5.92 Å². The fourth-order valence-electron chi connectivity index (χ4n) is 2.60. The van der Waals surface area contributed by atoms with Crippen LogP contribution in [0.1, 0.15) is 25.3 Å². The molecule has 4 heteroatoms. The monoisotopic (exact) mass is 280 g/mol. The van der Waals surface area contributed by atoms with Crippen molar-refractivity contribution in [1.29, 1.82) is 0 Å². The molecule has 0 spiro atoms. The predicted octanol–water partition coefficient (Wildman–Crippen LogP) is 2.47. The van der Waals surface area contributed by atoms with Crippen LogP contribution in [0.3, 0.4) is 0 Å². The molecule has 0 aliphatic carbocycles. The van der Waals surface area contributed by atoms with Crippen LogP contribution in [0.2, 0.25) is 5.02 Å². The summed E-state index contributed by atoms with van der Waals surface area (Å²) < 4.78 is 0. The van der Waals surface area contributed by atoms with Crippen LogP contribution in [0.5, 0.6) is 0 Å². The third-order valence-corrected chi connectivity index (χ3v) is 4.03. The van der Waals surface area contributed by atoms with E-state index >= 15 is 0 Å². The second kappa shape index (κ2) is 6.40. The lowest BCUT2D eigenvalue weighted by Gasteiger charge is -2.34. The van der Waals surface area contributed by atoms with Crippen LogP contribution in [-0.4, -0.2) is 29.9 Å². The van der Waals surface area contributed by atoms with Crippen molar-refractivity contribution in [2.45, 2.75) is 32.2 Å². The van der Waals surface area contributed by atoms with Crippen LogP contribution in [0.25, 0.3) is 0 Å². The van der Waals surface area contributed by atoms with E-state index in [1.807, 2.05) is 36.1 Å². The van der Waals surface area contributed by atoms with Gasteiger partial charge in [-0.3, -0.25) is 4.79 Å².